The molecule has 0 aliphatic heterocycles. The molecule has 2 aromatic rings. The number of aromatic nitrogens is 2. The highest BCUT2D eigenvalue weighted by molar-refractivity contribution is 6.10. The van der Waals surface area contributed by atoms with Crippen LogP contribution in [0.15, 0.2) is 24.5 Å². The lowest BCUT2D eigenvalue weighted by molar-refractivity contribution is 0.0649. The Balaban J connectivity index is 2.93. The monoisotopic (exact) mass is 332 g/mol. The van der Waals surface area contributed by atoms with Crippen molar-refractivity contribution in [2.75, 3.05) is 0 Å². The van der Waals surface area contributed by atoms with Gasteiger partial charge in [0.1, 0.15) is 22.5 Å². The van der Waals surface area contributed by atoms with Gasteiger partial charge in [0, 0.05) is 12.4 Å². The van der Waals surface area contributed by atoms with Crippen LogP contribution < -0.4 is 0 Å². The van der Waals surface area contributed by atoms with Gasteiger partial charge in [0.25, 0.3) is 0 Å². The van der Waals surface area contributed by atoms with E-state index in [2.05, 4.69) is 9.97 Å². The van der Waals surface area contributed by atoms with Crippen LogP contribution in [-0.2, 0) is 0 Å². The summed E-state index contributed by atoms with van der Waals surface area (Å²) in [5.74, 6) is -6.48. The van der Waals surface area contributed by atoms with Gasteiger partial charge in [-0.2, -0.15) is 0 Å². The number of rotatable bonds is 5. The lowest BCUT2D eigenvalue weighted by Gasteiger charge is -2.11. The summed E-state index contributed by atoms with van der Waals surface area (Å²) >= 11 is 0. The van der Waals surface area contributed by atoms with E-state index in [1.54, 1.807) is 0 Å². The van der Waals surface area contributed by atoms with Gasteiger partial charge in [-0.25, -0.2) is 19.2 Å². The number of pyridine rings is 2. The topological polar surface area (TPSA) is 175 Å². The van der Waals surface area contributed by atoms with Crippen molar-refractivity contribution in [3.05, 3.63) is 46.8 Å². The second kappa shape index (κ2) is 6.12. The van der Waals surface area contributed by atoms with Gasteiger partial charge in [-0.3, -0.25) is 9.97 Å². The molecule has 2 rings (SSSR count). The Morgan fingerprint density at radius 3 is 1.21 bits per heavy atom. The zero-order valence-corrected chi connectivity index (χ0v) is 11.6. The summed E-state index contributed by atoms with van der Waals surface area (Å²) < 4.78 is 0. The van der Waals surface area contributed by atoms with Crippen molar-refractivity contribution >= 4 is 23.9 Å². The first-order valence-electron chi connectivity index (χ1n) is 6.17. The Labute approximate surface area is 132 Å². The summed E-state index contributed by atoms with van der Waals surface area (Å²) in [4.78, 5) is 52.6. The van der Waals surface area contributed by atoms with E-state index in [9.17, 15) is 29.4 Å². The second-order valence-corrected chi connectivity index (χ2v) is 4.38. The third-order valence-electron chi connectivity index (χ3n) is 3.01. The predicted molar refractivity (Wildman–Crippen MR) is 75.3 cm³/mol. The molecule has 0 aliphatic carbocycles. The van der Waals surface area contributed by atoms with Gasteiger partial charge in [0.05, 0.1) is 11.1 Å². The van der Waals surface area contributed by atoms with Gasteiger partial charge in [-0.1, -0.05) is 0 Å². The number of carboxylic acids is 4. The van der Waals surface area contributed by atoms with Gasteiger partial charge in [0.2, 0.25) is 0 Å². The van der Waals surface area contributed by atoms with E-state index < -0.39 is 57.5 Å². The molecule has 0 bridgehead atoms. The van der Waals surface area contributed by atoms with Crippen LogP contribution in [0.3, 0.4) is 0 Å². The summed E-state index contributed by atoms with van der Waals surface area (Å²) in [6, 6.07) is 1.85. The number of nitrogens with zero attached hydrogens (tertiary/aromatic N) is 2. The third-order valence-corrected chi connectivity index (χ3v) is 3.01. The molecule has 2 heterocycles. The Morgan fingerprint density at radius 2 is 0.958 bits per heavy atom. The molecule has 2 aromatic heterocycles. The Kier molecular flexibility index (Phi) is 4.22. The second-order valence-electron chi connectivity index (χ2n) is 4.38. The zero-order chi connectivity index (χ0) is 18.0. The van der Waals surface area contributed by atoms with Gasteiger partial charge in [0.15, 0.2) is 0 Å². The molecule has 24 heavy (non-hydrogen) atoms. The minimum Gasteiger partial charge on any atom is -0.478 e. The van der Waals surface area contributed by atoms with Crippen molar-refractivity contribution in [2.24, 2.45) is 0 Å². The number of aromatic carboxylic acids is 4. The van der Waals surface area contributed by atoms with Gasteiger partial charge in [-0.05, 0) is 12.1 Å². The molecule has 0 radical (unpaired) electrons. The van der Waals surface area contributed by atoms with E-state index in [0.717, 1.165) is 24.5 Å². The van der Waals surface area contributed by atoms with Crippen molar-refractivity contribution in [3.8, 4) is 11.4 Å². The molecular formula is C14H8N2O8. The molecule has 0 unspecified atom stereocenters. The number of carboxylic acid groups (broad SMARTS) is 4. The first-order chi connectivity index (χ1) is 11.3. The molecule has 0 spiro atoms. The fourth-order valence-corrected chi connectivity index (χ4v) is 2.07. The Bertz CT molecular complexity index is 817. The van der Waals surface area contributed by atoms with Crippen LogP contribution >= 0.6 is 0 Å². The molecule has 0 amide bonds. The minimum absolute atomic E-state index is 0.553. The number of hydrogen-bond acceptors (Lipinski definition) is 6. The van der Waals surface area contributed by atoms with Crippen LogP contribution in [0.4, 0.5) is 0 Å². The van der Waals surface area contributed by atoms with Crippen molar-refractivity contribution in [3.63, 3.8) is 0 Å². The molecule has 4 N–H and O–H groups in total. The van der Waals surface area contributed by atoms with Crippen LogP contribution in [0.1, 0.15) is 41.4 Å². The van der Waals surface area contributed by atoms with E-state index in [0.29, 0.717) is 0 Å². The highest BCUT2D eigenvalue weighted by atomic mass is 16.4. The van der Waals surface area contributed by atoms with Crippen LogP contribution in [0, 0.1) is 0 Å². The molecule has 10 heteroatoms. The molecule has 0 fully saturated rings. The molecule has 122 valence electrons. The molecule has 10 nitrogen and oxygen atoms in total. The van der Waals surface area contributed by atoms with E-state index in [1.807, 2.05) is 0 Å². The summed E-state index contributed by atoms with van der Waals surface area (Å²) in [5, 5.41) is 36.7. The lowest BCUT2D eigenvalue weighted by Crippen LogP contribution is -2.15. The molecule has 0 aliphatic rings. The van der Waals surface area contributed by atoms with Crippen molar-refractivity contribution in [1.29, 1.82) is 0 Å². The number of carbonyl (C=O) groups is 4. The molecule has 0 saturated carbocycles. The molecule has 0 saturated heterocycles. The minimum atomic E-state index is -1.67. The Hall–Kier alpha value is -3.82. The van der Waals surface area contributed by atoms with Crippen molar-refractivity contribution < 1.29 is 39.6 Å². The predicted octanol–water partition coefficient (Wildman–Crippen LogP) is 0.936. The summed E-state index contributed by atoms with van der Waals surface area (Å²) in [5.41, 5.74) is -3.95. The molecule has 0 atom stereocenters. The van der Waals surface area contributed by atoms with Gasteiger partial charge >= 0.3 is 23.9 Å². The Morgan fingerprint density at radius 1 is 0.625 bits per heavy atom. The average molecular weight is 332 g/mol. The normalized spacial score (nSPS) is 10.2. The zero-order valence-electron chi connectivity index (χ0n) is 11.6. The standard InChI is InChI=1S/C14H8N2O8/c17-11(18)5-1-3-15-9(7(5)13(21)22)10-8(14(23)24)6(12(19)20)2-4-16-10/h1-4H,(H,17,18)(H,19,20)(H,21,22)(H,23,24). The summed E-state index contributed by atoms with van der Waals surface area (Å²) in [6.07, 6.45) is 1.93. The lowest BCUT2D eigenvalue weighted by atomic mass is 9.98. The largest absolute Gasteiger partial charge is 0.478 e. The summed E-state index contributed by atoms with van der Waals surface area (Å²) in [7, 11) is 0. The SMILES string of the molecule is O=C(O)c1ccnc(-c2nccc(C(=O)O)c2C(=O)O)c1C(=O)O. The van der Waals surface area contributed by atoms with Crippen molar-refractivity contribution in [2.45, 2.75) is 0 Å². The van der Waals surface area contributed by atoms with E-state index in [4.69, 9.17) is 10.2 Å². The first kappa shape index (κ1) is 16.5. The maximum absolute atomic E-state index is 11.4. The van der Waals surface area contributed by atoms with Gasteiger partial charge < -0.3 is 20.4 Å². The van der Waals surface area contributed by atoms with Crippen molar-refractivity contribution in [1.82, 2.24) is 9.97 Å². The van der Waals surface area contributed by atoms with E-state index >= 15 is 0 Å². The first-order valence-corrected chi connectivity index (χ1v) is 6.17. The van der Waals surface area contributed by atoms with Crippen LogP contribution in [-0.4, -0.2) is 54.3 Å². The van der Waals surface area contributed by atoms with Crippen LogP contribution in [0.2, 0.25) is 0 Å². The molecule has 0 aromatic carbocycles. The molecular weight excluding hydrogens is 324 g/mol. The quantitative estimate of drug-likeness (QED) is 0.616. The van der Waals surface area contributed by atoms with E-state index in [-0.39, 0.29) is 0 Å². The van der Waals surface area contributed by atoms with Crippen LogP contribution in [0.25, 0.3) is 11.4 Å². The summed E-state index contributed by atoms with van der Waals surface area (Å²) in [6.45, 7) is 0. The highest BCUT2D eigenvalue weighted by Gasteiger charge is 2.28. The van der Waals surface area contributed by atoms with E-state index in [1.165, 1.54) is 0 Å². The number of hydrogen-bond donors (Lipinski definition) is 4. The third kappa shape index (κ3) is 2.75. The fraction of sp³-hybridized carbons (Fsp3) is 0. The maximum Gasteiger partial charge on any atom is 0.338 e. The average Bonchev–Trinajstić information content (AvgIpc) is 2.52. The maximum atomic E-state index is 11.4. The smallest absolute Gasteiger partial charge is 0.338 e. The fourth-order valence-electron chi connectivity index (χ4n) is 2.07. The highest BCUT2D eigenvalue weighted by Crippen LogP contribution is 2.27. The van der Waals surface area contributed by atoms with Gasteiger partial charge in [-0.15, -0.1) is 0 Å². The van der Waals surface area contributed by atoms with Crippen LogP contribution in [0.5, 0.6) is 0 Å².